The van der Waals surface area contributed by atoms with E-state index in [0.717, 1.165) is 17.8 Å². The first-order chi connectivity index (χ1) is 13.6. The minimum atomic E-state index is -4.53. The number of fused-ring (bicyclic) bond motifs is 1. The number of non-ortho nitro benzene ring substituents is 1. The van der Waals surface area contributed by atoms with E-state index in [2.05, 4.69) is 0 Å². The van der Waals surface area contributed by atoms with Crippen LogP contribution in [0.3, 0.4) is 0 Å². The van der Waals surface area contributed by atoms with Crippen molar-refractivity contribution in [1.29, 1.82) is 0 Å². The number of nitro benzene ring substituents is 2. The highest BCUT2D eigenvalue weighted by atomic mass is 32.2. The zero-order valence-electron chi connectivity index (χ0n) is 15.3. The van der Waals surface area contributed by atoms with Gasteiger partial charge in [-0.15, -0.1) is 0 Å². The molecule has 0 aliphatic heterocycles. The Hall–Kier alpha value is -3.73. The summed E-state index contributed by atoms with van der Waals surface area (Å²) in [4.78, 5) is 22.1. The molecule has 0 unspecified atom stereocenters. The van der Waals surface area contributed by atoms with Gasteiger partial charge in [0.2, 0.25) is 5.75 Å². The summed E-state index contributed by atoms with van der Waals surface area (Å²) < 4.78 is 30.8. The second-order valence-corrected chi connectivity index (χ2v) is 7.74. The lowest BCUT2D eigenvalue weighted by molar-refractivity contribution is -0.389. The fourth-order valence-corrected chi connectivity index (χ4v) is 4.02. The van der Waals surface area contributed by atoms with Gasteiger partial charge in [0.25, 0.3) is 5.69 Å². The van der Waals surface area contributed by atoms with Gasteiger partial charge < -0.3 is 9.08 Å². The van der Waals surface area contributed by atoms with Gasteiger partial charge in [-0.25, -0.2) is 0 Å². The number of hydrogen-bond donors (Lipinski definition) is 0. The zero-order valence-corrected chi connectivity index (χ0v) is 16.1. The highest BCUT2D eigenvalue weighted by molar-refractivity contribution is 7.87. The zero-order chi connectivity index (χ0) is 21.3. The smallest absolute Gasteiger partial charge is 0.340 e. The number of benzene rings is 3. The molecule has 3 aromatic carbocycles. The second-order valence-electron chi connectivity index (χ2n) is 6.23. The van der Waals surface area contributed by atoms with Gasteiger partial charge in [-0.1, -0.05) is 24.3 Å². The van der Waals surface area contributed by atoms with E-state index in [4.69, 9.17) is 4.18 Å². The molecule has 0 aromatic heterocycles. The van der Waals surface area contributed by atoms with Crippen LogP contribution in [-0.4, -0.2) is 32.4 Å². The van der Waals surface area contributed by atoms with E-state index in [1.807, 2.05) is 11.0 Å². The number of anilines is 1. The molecule has 10 nitrogen and oxygen atoms in total. The Balaban J connectivity index is 2.17. The van der Waals surface area contributed by atoms with Crippen molar-refractivity contribution >= 4 is 38.0 Å². The molecular formula is C18H15N3O7S. The van der Waals surface area contributed by atoms with Crippen LogP contribution in [0.25, 0.3) is 10.8 Å². The van der Waals surface area contributed by atoms with Gasteiger partial charge in [0.05, 0.1) is 15.9 Å². The van der Waals surface area contributed by atoms with Crippen molar-refractivity contribution in [1.82, 2.24) is 0 Å². The van der Waals surface area contributed by atoms with Crippen molar-refractivity contribution in [2.45, 2.75) is 4.90 Å². The quantitative estimate of drug-likeness (QED) is 0.338. The molecule has 0 heterocycles. The first kappa shape index (κ1) is 20.0. The van der Waals surface area contributed by atoms with E-state index in [-0.39, 0.29) is 4.90 Å². The van der Waals surface area contributed by atoms with E-state index in [1.54, 1.807) is 32.3 Å². The summed E-state index contributed by atoms with van der Waals surface area (Å²) >= 11 is 0. The molecule has 0 radical (unpaired) electrons. The van der Waals surface area contributed by atoms with Gasteiger partial charge in [-0.2, -0.15) is 8.42 Å². The van der Waals surface area contributed by atoms with E-state index in [0.29, 0.717) is 16.8 Å². The minimum absolute atomic E-state index is 0.209. The Morgan fingerprint density at radius 3 is 2.17 bits per heavy atom. The fourth-order valence-electron chi connectivity index (χ4n) is 2.87. The normalized spacial score (nSPS) is 11.2. The van der Waals surface area contributed by atoms with Crippen LogP contribution in [-0.2, 0) is 10.1 Å². The molecule has 0 fully saturated rings. The molecule has 29 heavy (non-hydrogen) atoms. The van der Waals surface area contributed by atoms with Gasteiger partial charge in [0.1, 0.15) is 4.90 Å². The van der Waals surface area contributed by atoms with Crippen LogP contribution in [0.2, 0.25) is 0 Å². The van der Waals surface area contributed by atoms with Crippen LogP contribution in [0.15, 0.2) is 59.5 Å². The van der Waals surface area contributed by atoms with E-state index >= 15 is 0 Å². The summed E-state index contributed by atoms with van der Waals surface area (Å²) in [5.41, 5.74) is -0.470. The topological polar surface area (TPSA) is 133 Å². The summed E-state index contributed by atoms with van der Waals surface area (Å²) in [5, 5.41) is 23.2. The molecule has 150 valence electrons. The molecule has 0 saturated carbocycles. The average Bonchev–Trinajstić information content (AvgIpc) is 2.66. The Bertz CT molecular complexity index is 1240. The Labute approximate surface area is 165 Å². The molecular weight excluding hydrogens is 402 g/mol. The van der Waals surface area contributed by atoms with Gasteiger partial charge in [-0.3, -0.25) is 20.2 Å². The molecule has 0 atom stereocenters. The van der Waals surface area contributed by atoms with Crippen molar-refractivity contribution in [2.75, 3.05) is 19.0 Å². The molecule has 0 N–H and O–H groups in total. The van der Waals surface area contributed by atoms with Gasteiger partial charge in [0.15, 0.2) is 0 Å². The summed E-state index contributed by atoms with van der Waals surface area (Å²) in [7, 11) is -0.917. The van der Waals surface area contributed by atoms with Crippen LogP contribution in [0.4, 0.5) is 17.1 Å². The van der Waals surface area contributed by atoms with Gasteiger partial charge in [-0.05, 0) is 12.1 Å². The first-order valence-electron chi connectivity index (χ1n) is 8.18. The Morgan fingerprint density at radius 2 is 1.55 bits per heavy atom. The van der Waals surface area contributed by atoms with E-state index < -0.39 is 37.1 Å². The van der Waals surface area contributed by atoms with E-state index in [9.17, 15) is 28.6 Å². The molecule has 0 aliphatic rings. The standard InChI is InChI=1S/C18H15N3O7S/c1-19(2)15-7-3-6-14-13(15)5-4-8-18(14)29(26,27)28-17-11-12(20(22)23)9-10-16(17)21(24)25/h3-11H,1-2H3. The summed E-state index contributed by atoms with van der Waals surface area (Å²) in [6, 6.07) is 12.1. The van der Waals surface area contributed by atoms with Crippen LogP contribution >= 0.6 is 0 Å². The number of nitro groups is 2. The maximum Gasteiger partial charge on any atom is 0.340 e. The Kier molecular flexibility index (Phi) is 5.08. The summed E-state index contributed by atoms with van der Waals surface area (Å²) in [6.45, 7) is 0. The maximum absolute atomic E-state index is 12.9. The first-order valence-corrected chi connectivity index (χ1v) is 9.59. The summed E-state index contributed by atoms with van der Waals surface area (Å²) in [5.74, 6) is -0.732. The van der Waals surface area contributed by atoms with Crippen molar-refractivity contribution < 1.29 is 22.4 Å². The number of rotatable bonds is 6. The number of hydrogen-bond acceptors (Lipinski definition) is 8. The maximum atomic E-state index is 12.9. The second kappa shape index (κ2) is 7.36. The number of nitrogens with zero attached hydrogens (tertiary/aromatic N) is 3. The highest BCUT2D eigenvalue weighted by Crippen LogP contribution is 2.35. The SMILES string of the molecule is CN(C)c1cccc2c(S(=O)(=O)Oc3cc([N+](=O)[O-])ccc3[N+](=O)[O-])cccc12. The van der Waals surface area contributed by atoms with Crippen LogP contribution in [0, 0.1) is 20.2 Å². The average molecular weight is 417 g/mol. The minimum Gasteiger partial charge on any atom is -0.377 e. The molecule has 0 bridgehead atoms. The van der Waals surface area contributed by atoms with Gasteiger partial charge in [0, 0.05) is 42.7 Å². The Morgan fingerprint density at radius 1 is 0.897 bits per heavy atom. The predicted molar refractivity (Wildman–Crippen MR) is 106 cm³/mol. The lowest BCUT2D eigenvalue weighted by Crippen LogP contribution is -2.13. The van der Waals surface area contributed by atoms with Crippen LogP contribution in [0.1, 0.15) is 0 Å². The molecule has 0 aliphatic carbocycles. The van der Waals surface area contributed by atoms with Crippen LogP contribution in [0.5, 0.6) is 5.75 Å². The van der Waals surface area contributed by atoms with Crippen molar-refractivity contribution in [3.8, 4) is 5.75 Å². The van der Waals surface area contributed by atoms with Gasteiger partial charge >= 0.3 is 15.8 Å². The summed E-state index contributed by atoms with van der Waals surface area (Å²) in [6.07, 6.45) is 0. The highest BCUT2D eigenvalue weighted by Gasteiger charge is 2.27. The predicted octanol–water partition coefficient (Wildman–Crippen LogP) is 3.49. The fraction of sp³-hybridized carbons (Fsp3) is 0.111. The van der Waals surface area contributed by atoms with Crippen molar-refractivity contribution in [3.05, 3.63) is 74.8 Å². The monoisotopic (exact) mass is 417 g/mol. The molecule has 3 rings (SSSR count). The third kappa shape index (κ3) is 3.80. The van der Waals surface area contributed by atoms with Crippen molar-refractivity contribution in [2.24, 2.45) is 0 Å². The molecule has 0 saturated heterocycles. The van der Waals surface area contributed by atoms with Crippen LogP contribution < -0.4 is 9.08 Å². The lowest BCUT2D eigenvalue weighted by Gasteiger charge is -2.17. The van der Waals surface area contributed by atoms with E-state index in [1.165, 1.54) is 12.1 Å². The third-order valence-electron chi connectivity index (χ3n) is 4.16. The molecule has 3 aromatic rings. The third-order valence-corrected chi connectivity index (χ3v) is 5.45. The largest absolute Gasteiger partial charge is 0.377 e. The van der Waals surface area contributed by atoms with Crippen molar-refractivity contribution in [3.63, 3.8) is 0 Å². The molecule has 11 heteroatoms. The lowest BCUT2D eigenvalue weighted by atomic mass is 10.1. The molecule has 0 spiro atoms. The molecule has 0 amide bonds.